The van der Waals surface area contributed by atoms with E-state index >= 15 is 0 Å². The SMILES string of the molecule is CN1CCCN(c2ccc3nc(NCCO)c4nc5cc(F)c(F)cc5n4c3n2)CC1. The summed E-state index contributed by atoms with van der Waals surface area (Å²) in [6.07, 6.45) is 1.03. The number of likely N-dealkylation sites (N-methyl/N-ethyl adjacent to an activating group) is 1. The zero-order valence-corrected chi connectivity index (χ0v) is 17.1. The number of benzene rings is 1. The van der Waals surface area contributed by atoms with Crippen molar-refractivity contribution >= 4 is 39.5 Å². The summed E-state index contributed by atoms with van der Waals surface area (Å²) in [6, 6.07) is 6.02. The number of imidazole rings is 1. The van der Waals surface area contributed by atoms with Crippen LogP contribution in [0.1, 0.15) is 6.42 Å². The summed E-state index contributed by atoms with van der Waals surface area (Å²) in [5, 5.41) is 12.2. The van der Waals surface area contributed by atoms with Gasteiger partial charge in [-0.1, -0.05) is 0 Å². The summed E-state index contributed by atoms with van der Waals surface area (Å²) < 4.78 is 29.7. The molecule has 31 heavy (non-hydrogen) atoms. The van der Waals surface area contributed by atoms with Crippen molar-refractivity contribution in [1.29, 1.82) is 0 Å². The molecule has 0 aliphatic carbocycles. The Morgan fingerprint density at radius 1 is 0.968 bits per heavy atom. The molecule has 0 saturated carbocycles. The van der Waals surface area contributed by atoms with Gasteiger partial charge >= 0.3 is 0 Å². The van der Waals surface area contributed by atoms with Crippen LogP contribution in [-0.4, -0.2) is 75.7 Å². The third kappa shape index (κ3) is 3.51. The number of hydrogen-bond donors (Lipinski definition) is 2. The quantitative estimate of drug-likeness (QED) is 0.517. The van der Waals surface area contributed by atoms with Crippen molar-refractivity contribution in [2.24, 2.45) is 0 Å². The van der Waals surface area contributed by atoms with Gasteiger partial charge in [-0.25, -0.2) is 23.7 Å². The minimum atomic E-state index is -0.958. The molecular formula is C21H23F2N7O. The van der Waals surface area contributed by atoms with E-state index in [-0.39, 0.29) is 13.2 Å². The number of nitrogens with one attached hydrogen (secondary N) is 1. The first-order chi connectivity index (χ1) is 15.0. The lowest BCUT2D eigenvalue weighted by molar-refractivity contribution is 0.311. The number of halogens is 2. The van der Waals surface area contributed by atoms with Gasteiger partial charge in [-0.15, -0.1) is 0 Å². The molecule has 4 aromatic rings. The van der Waals surface area contributed by atoms with E-state index in [1.807, 2.05) is 12.1 Å². The number of pyridine rings is 1. The molecular weight excluding hydrogens is 404 g/mol. The Balaban J connectivity index is 1.74. The van der Waals surface area contributed by atoms with Crippen LogP contribution in [-0.2, 0) is 0 Å². The largest absolute Gasteiger partial charge is 0.395 e. The zero-order valence-electron chi connectivity index (χ0n) is 17.1. The van der Waals surface area contributed by atoms with Gasteiger partial charge in [-0.05, 0) is 32.1 Å². The average Bonchev–Trinajstić information content (AvgIpc) is 2.98. The average molecular weight is 427 g/mol. The zero-order chi connectivity index (χ0) is 21.5. The molecule has 3 aromatic heterocycles. The Morgan fingerprint density at radius 3 is 2.65 bits per heavy atom. The monoisotopic (exact) mass is 427 g/mol. The summed E-state index contributed by atoms with van der Waals surface area (Å²) in [6.45, 7) is 3.90. The van der Waals surface area contributed by atoms with E-state index in [0.29, 0.717) is 33.7 Å². The van der Waals surface area contributed by atoms with Crippen molar-refractivity contribution in [3.8, 4) is 0 Å². The van der Waals surface area contributed by atoms with E-state index in [1.165, 1.54) is 0 Å². The molecule has 1 fully saturated rings. The van der Waals surface area contributed by atoms with Crippen LogP contribution in [0.5, 0.6) is 0 Å². The fourth-order valence-electron chi connectivity index (χ4n) is 4.04. The number of nitrogens with zero attached hydrogens (tertiary/aromatic N) is 6. The highest BCUT2D eigenvalue weighted by molar-refractivity contribution is 5.91. The Kier molecular flexibility index (Phi) is 5.03. The maximum atomic E-state index is 14.1. The molecule has 1 aliphatic rings. The fraction of sp³-hybridized carbons (Fsp3) is 0.381. The molecule has 10 heteroatoms. The van der Waals surface area contributed by atoms with Crippen molar-refractivity contribution in [3.63, 3.8) is 0 Å². The van der Waals surface area contributed by atoms with Crippen molar-refractivity contribution in [1.82, 2.24) is 24.3 Å². The van der Waals surface area contributed by atoms with E-state index in [4.69, 9.17) is 4.98 Å². The summed E-state index contributed by atoms with van der Waals surface area (Å²) in [4.78, 5) is 18.5. The van der Waals surface area contributed by atoms with Crippen LogP contribution in [0.25, 0.3) is 27.8 Å². The standard InChI is InChI=1S/C21H23F2N7O/c1-28-6-2-7-29(9-8-28)18-4-3-15-20(27-18)30-17-12-14(23)13(22)11-16(17)26-21(30)19(25-15)24-5-10-31/h3-4,11-12,31H,2,5-10H2,1H3,(H,24,25). The van der Waals surface area contributed by atoms with Gasteiger partial charge in [-0.3, -0.25) is 4.40 Å². The summed E-state index contributed by atoms with van der Waals surface area (Å²) in [7, 11) is 2.11. The second-order valence-electron chi connectivity index (χ2n) is 7.79. The molecule has 0 unspecified atom stereocenters. The molecule has 1 aliphatic heterocycles. The van der Waals surface area contributed by atoms with Crippen LogP contribution in [0.2, 0.25) is 0 Å². The van der Waals surface area contributed by atoms with E-state index in [0.717, 1.165) is 50.6 Å². The van der Waals surface area contributed by atoms with Gasteiger partial charge in [-0.2, -0.15) is 0 Å². The first kappa shape index (κ1) is 19.8. The molecule has 0 radical (unpaired) electrons. The number of hydrogen-bond acceptors (Lipinski definition) is 7. The van der Waals surface area contributed by atoms with Crippen molar-refractivity contribution in [2.75, 3.05) is 56.6 Å². The first-order valence-electron chi connectivity index (χ1n) is 10.3. The van der Waals surface area contributed by atoms with Crippen molar-refractivity contribution < 1.29 is 13.9 Å². The maximum Gasteiger partial charge on any atom is 0.182 e. The van der Waals surface area contributed by atoms with Gasteiger partial charge in [0.25, 0.3) is 0 Å². The lowest BCUT2D eigenvalue weighted by atomic mass is 10.3. The maximum absolute atomic E-state index is 14.1. The number of fused-ring (bicyclic) bond motifs is 5. The smallest absolute Gasteiger partial charge is 0.182 e. The second kappa shape index (κ2) is 7.86. The van der Waals surface area contributed by atoms with Gasteiger partial charge in [0.2, 0.25) is 0 Å². The molecule has 0 bridgehead atoms. The minimum Gasteiger partial charge on any atom is -0.395 e. The van der Waals surface area contributed by atoms with Crippen LogP contribution in [0.3, 0.4) is 0 Å². The number of rotatable bonds is 4. The molecule has 0 amide bonds. The van der Waals surface area contributed by atoms with Gasteiger partial charge in [0.15, 0.2) is 28.7 Å². The number of aliphatic hydroxyl groups excluding tert-OH is 1. The second-order valence-corrected chi connectivity index (χ2v) is 7.79. The summed E-state index contributed by atoms with van der Waals surface area (Å²) in [5.74, 6) is -0.674. The molecule has 1 aromatic carbocycles. The highest BCUT2D eigenvalue weighted by Crippen LogP contribution is 2.28. The normalized spacial score (nSPS) is 15.8. The van der Waals surface area contributed by atoms with Crippen LogP contribution < -0.4 is 10.2 Å². The molecule has 0 atom stereocenters. The van der Waals surface area contributed by atoms with E-state index < -0.39 is 11.6 Å². The highest BCUT2D eigenvalue weighted by atomic mass is 19.2. The number of anilines is 2. The molecule has 4 heterocycles. The van der Waals surface area contributed by atoms with Gasteiger partial charge in [0.1, 0.15) is 11.3 Å². The van der Waals surface area contributed by atoms with Gasteiger partial charge in [0, 0.05) is 38.3 Å². The molecule has 162 valence electrons. The lowest BCUT2D eigenvalue weighted by Crippen LogP contribution is -2.29. The lowest BCUT2D eigenvalue weighted by Gasteiger charge is -2.22. The van der Waals surface area contributed by atoms with Gasteiger partial charge in [0.05, 0.1) is 17.6 Å². The van der Waals surface area contributed by atoms with Crippen LogP contribution in [0, 0.1) is 11.6 Å². The number of aromatic nitrogens is 4. The topological polar surface area (TPSA) is 81.8 Å². The molecule has 0 spiro atoms. The predicted molar refractivity (Wildman–Crippen MR) is 116 cm³/mol. The Labute approximate surface area is 177 Å². The van der Waals surface area contributed by atoms with Crippen molar-refractivity contribution in [2.45, 2.75) is 6.42 Å². The van der Waals surface area contributed by atoms with Crippen LogP contribution in [0.4, 0.5) is 20.4 Å². The summed E-state index contributed by atoms with van der Waals surface area (Å²) in [5.41, 5.74) is 2.24. The van der Waals surface area contributed by atoms with E-state index in [2.05, 4.69) is 32.1 Å². The predicted octanol–water partition coefficient (Wildman–Crippen LogP) is 2.25. The molecule has 5 rings (SSSR count). The Hall–Kier alpha value is -3.11. The molecule has 8 nitrogen and oxygen atoms in total. The Morgan fingerprint density at radius 2 is 1.81 bits per heavy atom. The summed E-state index contributed by atoms with van der Waals surface area (Å²) >= 11 is 0. The number of aliphatic hydroxyl groups is 1. The van der Waals surface area contributed by atoms with Gasteiger partial charge < -0.3 is 20.2 Å². The molecule has 2 N–H and O–H groups in total. The van der Waals surface area contributed by atoms with Crippen molar-refractivity contribution in [3.05, 3.63) is 35.9 Å². The first-order valence-corrected chi connectivity index (χ1v) is 10.3. The third-order valence-electron chi connectivity index (χ3n) is 5.64. The third-order valence-corrected chi connectivity index (χ3v) is 5.64. The fourth-order valence-corrected chi connectivity index (χ4v) is 4.04. The van der Waals surface area contributed by atoms with E-state index in [1.54, 1.807) is 4.40 Å². The Bertz CT molecular complexity index is 1280. The van der Waals surface area contributed by atoms with Crippen LogP contribution >= 0.6 is 0 Å². The van der Waals surface area contributed by atoms with Crippen LogP contribution in [0.15, 0.2) is 24.3 Å². The molecule has 1 saturated heterocycles. The minimum absolute atomic E-state index is 0.0873. The highest BCUT2D eigenvalue weighted by Gasteiger charge is 2.19. The van der Waals surface area contributed by atoms with E-state index in [9.17, 15) is 13.9 Å².